The van der Waals surface area contributed by atoms with E-state index in [1.54, 1.807) is 0 Å². The highest BCUT2D eigenvalue weighted by Crippen LogP contribution is 2.31. The molecule has 1 aromatic carbocycles. The van der Waals surface area contributed by atoms with Crippen LogP contribution in [0.2, 0.25) is 0 Å². The Bertz CT molecular complexity index is 539. The second-order valence-corrected chi connectivity index (χ2v) is 6.58. The number of halogens is 2. The van der Waals surface area contributed by atoms with Crippen LogP contribution >= 0.6 is 31.9 Å². The third kappa shape index (κ3) is 2.63. The summed E-state index contributed by atoms with van der Waals surface area (Å²) >= 11 is 7.11. The lowest BCUT2D eigenvalue weighted by Gasteiger charge is -2.20. The molecule has 1 aromatic heterocycles. The summed E-state index contributed by atoms with van der Waals surface area (Å²) in [6.07, 6.45) is 0. The minimum absolute atomic E-state index is 0.0294. The van der Waals surface area contributed by atoms with Gasteiger partial charge in [0.1, 0.15) is 4.60 Å². The van der Waals surface area contributed by atoms with Gasteiger partial charge in [-0.1, -0.05) is 34.1 Å². The van der Waals surface area contributed by atoms with Gasteiger partial charge in [0.15, 0.2) is 0 Å². The number of aromatic nitrogens is 2. The molecule has 0 spiro atoms. The maximum atomic E-state index is 4.65. The monoisotopic (exact) mass is 356 g/mol. The lowest BCUT2D eigenvalue weighted by atomic mass is 10.1. The van der Waals surface area contributed by atoms with Gasteiger partial charge in [0, 0.05) is 10.0 Å². The highest BCUT2D eigenvalue weighted by molar-refractivity contribution is 9.10. The molecule has 2 rings (SSSR count). The van der Waals surface area contributed by atoms with E-state index in [4.69, 9.17) is 0 Å². The zero-order chi connectivity index (χ0) is 12.6. The molecule has 0 amide bonds. The van der Waals surface area contributed by atoms with E-state index in [1.807, 2.05) is 28.9 Å². The SMILES string of the molecule is CC(C)(C)n1nc(-c2ccccc2Br)cc1Br. The van der Waals surface area contributed by atoms with E-state index in [2.05, 4.69) is 63.8 Å². The van der Waals surface area contributed by atoms with Crippen molar-refractivity contribution in [3.05, 3.63) is 39.4 Å². The smallest absolute Gasteiger partial charge is 0.105 e. The van der Waals surface area contributed by atoms with Crippen LogP contribution in [-0.2, 0) is 5.54 Å². The van der Waals surface area contributed by atoms with E-state index < -0.39 is 0 Å². The molecule has 0 aliphatic carbocycles. The van der Waals surface area contributed by atoms with Crippen molar-refractivity contribution in [3.63, 3.8) is 0 Å². The fraction of sp³-hybridized carbons (Fsp3) is 0.308. The van der Waals surface area contributed by atoms with Crippen molar-refractivity contribution in [1.29, 1.82) is 0 Å². The number of hydrogen-bond acceptors (Lipinski definition) is 1. The van der Waals surface area contributed by atoms with Crippen LogP contribution < -0.4 is 0 Å². The fourth-order valence-corrected chi connectivity index (χ4v) is 2.95. The third-order valence-corrected chi connectivity index (χ3v) is 3.71. The predicted molar refractivity (Wildman–Crippen MR) is 78.1 cm³/mol. The fourth-order valence-electron chi connectivity index (χ4n) is 1.63. The van der Waals surface area contributed by atoms with Gasteiger partial charge in [0.2, 0.25) is 0 Å². The number of benzene rings is 1. The molecule has 0 aliphatic rings. The molecule has 0 saturated carbocycles. The maximum absolute atomic E-state index is 4.65. The average Bonchev–Trinajstić information content (AvgIpc) is 2.60. The average molecular weight is 358 g/mol. The van der Waals surface area contributed by atoms with E-state index in [9.17, 15) is 0 Å². The molecule has 0 N–H and O–H groups in total. The molecular weight excluding hydrogens is 344 g/mol. The zero-order valence-electron chi connectivity index (χ0n) is 10.0. The van der Waals surface area contributed by atoms with Crippen molar-refractivity contribution < 1.29 is 0 Å². The molecule has 0 saturated heterocycles. The first-order chi connectivity index (χ1) is 7.89. The molecule has 2 aromatic rings. The van der Waals surface area contributed by atoms with E-state index in [0.29, 0.717) is 0 Å². The van der Waals surface area contributed by atoms with Crippen LogP contribution in [0.15, 0.2) is 39.4 Å². The van der Waals surface area contributed by atoms with Crippen LogP contribution in [-0.4, -0.2) is 9.78 Å². The molecule has 90 valence electrons. The predicted octanol–water partition coefficient (Wildman–Crippen LogP) is 4.83. The van der Waals surface area contributed by atoms with Gasteiger partial charge >= 0.3 is 0 Å². The normalized spacial score (nSPS) is 11.8. The zero-order valence-corrected chi connectivity index (χ0v) is 13.2. The largest absolute Gasteiger partial charge is 0.253 e. The van der Waals surface area contributed by atoms with Crippen molar-refractivity contribution in [3.8, 4) is 11.3 Å². The number of nitrogens with zero attached hydrogens (tertiary/aromatic N) is 2. The maximum Gasteiger partial charge on any atom is 0.105 e. The van der Waals surface area contributed by atoms with Crippen LogP contribution in [0.3, 0.4) is 0 Å². The van der Waals surface area contributed by atoms with Crippen LogP contribution in [0.4, 0.5) is 0 Å². The Morgan fingerprint density at radius 1 is 1.12 bits per heavy atom. The Kier molecular flexibility index (Phi) is 3.46. The van der Waals surface area contributed by atoms with E-state index in [-0.39, 0.29) is 5.54 Å². The molecule has 1 heterocycles. The molecule has 0 aliphatic heterocycles. The molecule has 17 heavy (non-hydrogen) atoms. The topological polar surface area (TPSA) is 17.8 Å². The summed E-state index contributed by atoms with van der Waals surface area (Å²) in [6, 6.07) is 10.2. The molecule has 4 heteroatoms. The van der Waals surface area contributed by atoms with Gasteiger partial charge in [-0.25, -0.2) is 0 Å². The number of rotatable bonds is 1. The Labute approximate surface area is 118 Å². The van der Waals surface area contributed by atoms with E-state index in [1.165, 1.54) is 0 Å². The van der Waals surface area contributed by atoms with Crippen molar-refractivity contribution in [1.82, 2.24) is 9.78 Å². The molecule has 0 bridgehead atoms. The highest BCUT2D eigenvalue weighted by Gasteiger charge is 2.19. The van der Waals surface area contributed by atoms with Crippen molar-refractivity contribution in [2.75, 3.05) is 0 Å². The summed E-state index contributed by atoms with van der Waals surface area (Å²) in [6.45, 7) is 6.40. The Morgan fingerprint density at radius 2 is 1.76 bits per heavy atom. The van der Waals surface area contributed by atoms with Gasteiger partial charge in [-0.3, -0.25) is 4.68 Å². The van der Waals surface area contributed by atoms with E-state index in [0.717, 1.165) is 20.3 Å². The standard InChI is InChI=1S/C13H14Br2N2/c1-13(2,3)17-12(15)8-11(16-17)9-6-4-5-7-10(9)14/h4-8H,1-3H3. The second kappa shape index (κ2) is 4.58. The van der Waals surface area contributed by atoms with E-state index >= 15 is 0 Å². The first-order valence-corrected chi connectivity index (χ1v) is 6.99. The van der Waals surface area contributed by atoms with Gasteiger partial charge in [0.05, 0.1) is 11.2 Å². The lowest BCUT2D eigenvalue weighted by molar-refractivity contribution is 0.349. The minimum atomic E-state index is -0.0294. The Balaban J connectivity index is 2.53. The molecular formula is C13H14Br2N2. The van der Waals surface area contributed by atoms with Gasteiger partial charge in [-0.2, -0.15) is 5.10 Å². The number of hydrogen-bond donors (Lipinski definition) is 0. The second-order valence-electron chi connectivity index (χ2n) is 4.91. The summed E-state index contributed by atoms with van der Waals surface area (Å²) in [5, 5.41) is 4.65. The Hall–Kier alpha value is -0.610. The van der Waals surface area contributed by atoms with Crippen molar-refractivity contribution >= 4 is 31.9 Å². The van der Waals surface area contributed by atoms with Gasteiger partial charge in [0.25, 0.3) is 0 Å². The van der Waals surface area contributed by atoms with Gasteiger partial charge in [-0.15, -0.1) is 0 Å². The van der Waals surface area contributed by atoms with Gasteiger partial charge in [-0.05, 0) is 48.8 Å². The van der Waals surface area contributed by atoms with Gasteiger partial charge < -0.3 is 0 Å². The first kappa shape index (κ1) is 12.8. The molecule has 0 atom stereocenters. The van der Waals surface area contributed by atoms with Crippen LogP contribution in [0.25, 0.3) is 11.3 Å². The quantitative estimate of drug-likeness (QED) is 0.714. The molecule has 2 nitrogen and oxygen atoms in total. The first-order valence-electron chi connectivity index (χ1n) is 5.40. The van der Waals surface area contributed by atoms with Crippen molar-refractivity contribution in [2.45, 2.75) is 26.3 Å². The van der Waals surface area contributed by atoms with Crippen molar-refractivity contribution in [2.24, 2.45) is 0 Å². The summed E-state index contributed by atoms with van der Waals surface area (Å²) in [5.74, 6) is 0. The third-order valence-electron chi connectivity index (χ3n) is 2.45. The summed E-state index contributed by atoms with van der Waals surface area (Å²) in [4.78, 5) is 0. The molecule has 0 unspecified atom stereocenters. The van der Waals surface area contributed by atoms with Crippen LogP contribution in [0.1, 0.15) is 20.8 Å². The van der Waals surface area contributed by atoms with Crippen LogP contribution in [0.5, 0.6) is 0 Å². The highest BCUT2D eigenvalue weighted by atomic mass is 79.9. The molecule has 0 fully saturated rings. The minimum Gasteiger partial charge on any atom is -0.253 e. The van der Waals surface area contributed by atoms with Crippen LogP contribution in [0, 0.1) is 0 Å². The summed E-state index contributed by atoms with van der Waals surface area (Å²) in [7, 11) is 0. The molecule has 0 radical (unpaired) electrons. The summed E-state index contributed by atoms with van der Waals surface area (Å²) < 4.78 is 4.05. The lowest BCUT2D eigenvalue weighted by Crippen LogP contribution is -2.23. The summed E-state index contributed by atoms with van der Waals surface area (Å²) in [5.41, 5.74) is 2.05. The Morgan fingerprint density at radius 3 is 2.29 bits per heavy atom.